The number of hydrogen-bond donors (Lipinski definition) is 2. The highest BCUT2D eigenvalue weighted by Crippen LogP contribution is 2.19. The third-order valence-corrected chi connectivity index (χ3v) is 4.67. The zero-order chi connectivity index (χ0) is 15.9. The smallest absolute Gasteiger partial charge is 0.188 e. The van der Waals surface area contributed by atoms with Crippen molar-refractivity contribution in [2.75, 3.05) is 26.2 Å². The molecule has 0 spiro atoms. The second-order valence-electron chi connectivity index (χ2n) is 6.12. The Labute approximate surface area is 137 Å². The van der Waals surface area contributed by atoms with Gasteiger partial charge in [-0.05, 0) is 45.7 Å². The number of nitrogens with two attached hydrogens (primary N) is 1. The minimum absolute atomic E-state index is 0.531. The standard InChI is InChI=1S/C16H27N5S/c1-12(2)8-18-16(17)19-9-14-4-6-21(7-5-14)10-15-11-22-13(3)20-15/h11,14H,1,4-10H2,2-3H3,(H3,17,18,19). The molecule has 1 aromatic heterocycles. The lowest BCUT2D eigenvalue weighted by Gasteiger charge is -2.31. The number of rotatable bonds is 6. The molecule has 0 bridgehead atoms. The molecule has 6 heteroatoms. The van der Waals surface area contributed by atoms with Gasteiger partial charge in [-0.3, -0.25) is 4.90 Å². The van der Waals surface area contributed by atoms with Crippen molar-refractivity contribution in [3.05, 3.63) is 28.2 Å². The Morgan fingerprint density at radius 1 is 1.55 bits per heavy atom. The molecule has 0 unspecified atom stereocenters. The van der Waals surface area contributed by atoms with Crippen LogP contribution < -0.4 is 11.1 Å². The lowest BCUT2D eigenvalue weighted by molar-refractivity contribution is 0.176. The van der Waals surface area contributed by atoms with Crippen LogP contribution in [0.5, 0.6) is 0 Å². The number of thiazole rings is 1. The van der Waals surface area contributed by atoms with Crippen molar-refractivity contribution in [2.24, 2.45) is 16.6 Å². The van der Waals surface area contributed by atoms with Crippen LogP contribution in [0.25, 0.3) is 0 Å². The molecule has 0 aromatic carbocycles. The second-order valence-corrected chi connectivity index (χ2v) is 7.18. The summed E-state index contributed by atoms with van der Waals surface area (Å²) in [6.45, 7) is 12.6. The summed E-state index contributed by atoms with van der Waals surface area (Å²) < 4.78 is 0. The summed E-state index contributed by atoms with van der Waals surface area (Å²) in [5.74, 6) is 1.20. The zero-order valence-corrected chi connectivity index (χ0v) is 14.5. The lowest BCUT2D eigenvalue weighted by Crippen LogP contribution is -2.40. The summed E-state index contributed by atoms with van der Waals surface area (Å²) in [5.41, 5.74) is 8.08. The molecule has 3 N–H and O–H groups in total. The molecule has 5 nitrogen and oxygen atoms in total. The molecule has 0 atom stereocenters. The van der Waals surface area contributed by atoms with E-state index in [-0.39, 0.29) is 0 Å². The van der Waals surface area contributed by atoms with E-state index in [9.17, 15) is 0 Å². The Morgan fingerprint density at radius 3 is 2.86 bits per heavy atom. The van der Waals surface area contributed by atoms with Gasteiger partial charge < -0.3 is 11.1 Å². The van der Waals surface area contributed by atoms with E-state index in [1.54, 1.807) is 11.3 Å². The fourth-order valence-electron chi connectivity index (χ4n) is 2.58. The fraction of sp³-hybridized carbons (Fsp3) is 0.625. The van der Waals surface area contributed by atoms with Crippen LogP contribution in [0.1, 0.15) is 30.5 Å². The summed E-state index contributed by atoms with van der Waals surface area (Å²) in [7, 11) is 0. The maximum Gasteiger partial charge on any atom is 0.188 e. The molecule has 2 rings (SSSR count). The Kier molecular flexibility index (Phi) is 6.39. The largest absolute Gasteiger partial charge is 0.370 e. The summed E-state index contributed by atoms with van der Waals surface area (Å²) in [5, 5.41) is 6.55. The van der Waals surface area contributed by atoms with Crippen LogP contribution in [0, 0.1) is 12.8 Å². The number of piperidine rings is 1. The van der Waals surface area contributed by atoms with Crippen molar-refractivity contribution in [3.63, 3.8) is 0 Å². The molecule has 22 heavy (non-hydrogen) atoms. The van der Waals surface area contributed by atoms with Crippen molar-refractivity contribution >= 4 is 17.3 Å². The SMILES string of the molecule is C=C(C)CN=C(N)NCC1CCN(Cc2csc(C)n2)CC1. The molecule has 0 saturated carbocycles. The molecule has 0 aliphatic carbocycles. The number of hydrogen-bond acceptors (Lipinski definition) is 4. The van der Waals surface area contributed by atoms with Crippen molar-refractivity contribution < 1.29 is 0 Å². The monoisotopic (exact) mass is 321 g/mol. The number of likely N-dealkylation sites (tertiary alicyclic amines) is 1. The lowest BCUT2D eigenvalue weighted by atomic mass is 9.97. The normalized spacial score (nSPS) is 17.6. The van der Waals surface area contributed by atoms with E-state index in [0.29, 0.717) is 18.4 Å². The molecule has 2 heterocycles. The van der Waals surface area contributed by atoms with Gasteiger partial charge in [0.1, 0.15) is 0 Å². The first-order valence-electron chi connectivity index (χ1n) is 7.84. The summed E-state index contributed by atoms with van der Waals surface area (Å²) in [4.78, 5) is 11.3. The highest BCUT2D eigenvalue weighted by molar-refractivity contribution is 7.09. The van der Waals surface area contributed by atoms with Gasteiger partial charge in [-0.25, -0.2) is 9.98 Å². The Hall–Kier alpha value is -1.40. The van der Waals surface area contributed by atoms with E-state index in [1.807, 2.05) is 6.92 Å². The minimum Gasteiger partial charge on any atom is -0.370 e. The molecule has 1 aliphatic rings. The van der Waals surface area contributed by atoms with Crippen LogP contribution >= 0.6 is 11.3 Å². The summed E-state index contributed by atoms with van der Waals surface area (Å²) in [6.07, 6.45) is 2.40. The number of aliphatic imine (C=N–C) groups is 1. The number of guanidine groups is 1. The van der Waals surface area contributed by atoms with Crippen LogP contribution in [-0.2, 0) is 6.54 Å². The van der Waals surface area contributed by atoms with E-state index < -0.39 is 0 Å². The van der Waals surface area contributed by atoms with Gasteiger partial charge in [-0.2, -0.15) is 0 Å². The first-order valence-corrected chi connectivity index (χ1v) is 8.72. The van der Waals surface area contributed by atoms with Crippen molar-refractivity contribution in [3.8, 4) is 0 Å². The number of aromatic nitrogens is 1. The van der Waals surface area contributed by atoms with Gasteiger partial charge in [-0.15, -0.1) is 11.3 Å². The average molecular weight is 321 g/mol. The second kappa shape index (κ2) is 8.29. The fourth-order valence-corrected chi connectivity index (χ4v) is 3.19. The average Bonchev–Trinajstić information content (AvgIpc) is 2.89. The molecule has 1 aliphatic heterocycles. The van der Waals surface area contributed by atoms with Gasteiger partial charge in [0.15, 0.2) is 5.96 Å². The van der Waals surface area contributed by atoms with Crippen molar-refractivity contribution in [1.29, 1.82) is 0 Å². The van der Waals surface area contributed by atoms with Gasteiger partial charge >= 0.3 is 0 Å². The Bertz CT molecular complexity index is 514. The predicted octanol–water partition coefficient (Wildman–Crippen LogP) is 2.14. The van der Waals surface area contributed by atoms with Crippen molar-refractivity contribution in [1.82, 2.24) is 15.2 Å². The van der Waals surface area contributed by atoms with E-state index in [4.69, 9.17) is 5.73 Å². The first kappa shape index (κ1) is 17.0. The Morgan fingerprint density at radius 2 is 2.27 bits per heavy atom. The van der Waals surface area contributed by atoms with Gasteiger partial charge in [0.2, 0.25) is 0 Å². The third-order valence-electron chi connectivity index (χ3n) is 3.85. The van der Waals surface area contributed by atoms with E-state index >= 15 is 0 Å². The topological polar surface area (TPSA) is 66.5 Å². The van der Waals surface area contributed by atoms with Gasteiger partial charge in [0, 0.05) is 18.5 Å². The van der Waals surface area contributed by atoms with E-state index in [0.717, 1.165) is 36.8 Å². The predicted molar refractivity (Wildman–Crippen MR) is 94.2 cm³/mol. The van der Waals surface area contributed by atoms with Crippen LogP contribution in [0.2, 0.25) is 0 Å². The molecule has 1 aromatic rings. The molecule has 1 fully saturated rings. The van der Waals surface area contributed by atoms with E-state index in [1.165, 1.54) is 18.5 Å². The molecular weight excluding hydrogens is 294 g/mol. The van der Waals surface area contributed by atoms with Gasteiger partial charge in [-0.1, -0.05) is 12.2 Å². The zero-order valence-electron chi connectivity index (χ0n) is 13.6. The van der Waals surface area contributed by atoms with Crippen LogP contribution in [-0.4, -0.2) is 42.0 Å². The highest BCUT2D eigenvalue weighted by atomic mass is 32.1. The number of nitrogens with zero attached hydrogens (tertiary/aromatic N) is 3. The summed E-state index contributed by atoms with van der Waals surface area (Å²) in [6, 6.07) is 0. The van der Waals surface area contributed by atoms with Gasteiger partial charge in [0.05, 0.1) is 17.2 Å². The molecule has 122 valence electrons. The van der Waals surface area contributed by atoms with Crippen LogP contribution in [0.15, 0.2) is 22.5 Å². The van der Waals surface area contributed by atoms with E-state index in [2.05, 4.69) is 39.1 Å². The third kappa shape index (κ3) is 5.77. The minimum atomic E-state index is 0.531. The first-order chi connectivity index (χ1) is 10.5. The molecule has 1 saturated heterocycles. The maximum atomic E-state index is 5.85. The van der Waals surface area contributed by atoms with Crippen LogP contribution in [0.3, 0.4) is 0 Å². The number of aryl methyl sites for hydroxylation is 1. The van der Waals surface area contributed by atoms with Gasteiger partial charge in [0.25, 0.3) is 0 Å². The quantitative estimate of drug-likeness (QED) is 0.479. The maximum absolute atomic E-state index is 5.85. The van der Waals surface area contributed by atoms with Crippen LogP contribution in [0.4, 0.5) is 0 Å². The molecule has 0 radical (unpaired) electrons. The Balaban J connectivity index is 1.66. The molecular formula is C16H27N5S. The summed E-state index contributed by atoms with van der Waals surface area (Å²) >= 11 is 1.73. The van der Waals surface area contributed by atoms with Crippen molar-refractivity contribution in [2.45, 2.75) is 33.2 Å². The highest BCUT2D eigenvalue weighted by Gasteiger charge is 2.19. The number of nitrogens with one attached hydrogen (secondary N) is 1. The molecule has 0 amide bonds.